The van der Waals surface area contributed by atoms with Crippen molar-refractivity contribution in [2.45, 2.75) is 13.1 Å². The van der Waals surface area contributed by atoms with Gasteiger partial charge in [0.25, 0.3) is 0 Å². The summed E-state index contributed by atoms with van der Waals surface area (Å²) >= 11 is 0. The van der Waals surface area contributed by atoms with Gasteiger partial charge in [0.05, 0.1) is 18.2 Å². The number of halogens is 1. The molecule has 0 saturated heterocycles. The van der Waals surface area contributed by atoms with Gasteiger partial charge in [0.1, 0.15) is 5.82 Å². The lowest BCUT2D eigenvalue weighted by Crippen LogP contribution is -2.40. The number of hydrogen-bond acceptors (Lipinski definition) is 3. The molecule has 0 aliphatic rings. The second-order valence-electron chi connectivity index (χ2n) is 5.52. The van der Waals surface area contributed by atoms with Crippen molar-refractivity contribution in [2.24, 2.45) is 0 Å². The summed E-state index contributed by atoms with van der Waals surface area (Å²) in [5.74, 6) is -0.337. The predicted molar refractivity (Wildman–Crippen MR) is 92.1 cm³/mol. The van der Waals surface area contributed by atoms with Crippen molar-refractivity contribution in [3.8, 4) is 6.07 Å². The maximum absolute atomic E-state index is 13.4. The Labute approximate surface area is 146 Å². The van der Waals surface area contributed by atoms with Crippen LogP contribution in [0.25, 0.3) is 0 Å². The van der Waals surface area contributed by atoms with Crippen LogP contribution in [-0.4, -0.2) is 31.2 Å². The standard InChI is InChI=1S/C19H20FN3O2/c1-25-10-9-22-19(24)23(14-17-3-2-4-18(20)11-17)13-16-7-5-15(12-21)6-8-16/h2-8,11H,9-10,13-14H2,1H3,(H,22,24). The van der Waals surface area contributed by atoms with Gasteiger partial charge in [0.2, 0.25) is 0 Å². The third kappa shape index (κ3) is 5.90. The van der Waals surface area contributed by atoms with Gasteiger partial charge in [-0.25, -0.2) is 9.18 Å². The van der Waals surface area contributed by atoms with E-state index in [1.165, 1.54) is 12.1 Å². The minimum atomic E-state index is -0.337. The number of carbonyl (C=O) groups is 1. The Bertz CT molecular complexity index is 741. The van der Waals surface area contributed by atoms with Gasteiger partial charge in [-0.2, -0.15) is 5.26 Å². The van der Waals surface area contributed by atoms with Crippen molar-refractivity contribution < 1.29 is 13.9 Å². The fraction of sp³-hybridized carbons (Fsp3) is 0.263. The van der Waals surface area contributed by atoms with E-state index in [1.54, 1.807) is 48.4 Å². The Kier molecular flexibility index (Phi) is 6.93. The molecule has 0 fully saturated rings. The van der Waals surface area contributed by atoms with Crippen LogP contribution < -0.4 is 5.32 Å². The summed E-state index contributed by atoms with van der Waals surface area (Å²) in [5, 5.41) is 11.6. The summed E-state index contributed by atoms with van der Waals surface area (Å²) in [6.45, 7) is 1.43. The Morgan fingerprint density at radius 2 is 1.92 bits per heavy atom. The molecule has 1 N–H and O–H groups in total. The lowest BCUT2D eigenvalue weighted by molar-refractivity contribution is 0.176. The number of carbonyl (C=O) groups excluding carboxylic acids is 1. The summed E-state index contributed by atoms with van der Waals surface area (Å²) in [5.41, 5.74) is 2.15. The van der Waals surface area contributed by atoms with E-state index in [0.717, 1.165) is 5.56 Å². The van der Waals surface area contributed by atoms with Crippen molar-refractivity contribution >= 4 is 6.03 Å². The zero-order valence-corrected chi connectivity index (χ0v) is 14.0. The van der Waals surface area contributed by atoms with Gasteiger partial charge in [0, 0.05) is 26.7 Å². The molecule has 0 aliphatic heterocycles. The van der Waals surface area contributed by atoms with Gasteiger partial charge in [-0.3, -0.25) is 0 Å². The Hall–Kier alpha value is -2.91. The molecule has 130 valence electrons. The first kappa shape index (κ1) is 18.4. The molecule has 5 nitrogen and oxygen atoms in total. The summed E-state index contributed by atoms with van der Waals surface area (Å²) < 4.78 is 18.3. The third-order valence-corrected chi connectivity index (χ3v) is 3.59. The smallest absolute Gasteiger partial charge is 0.318 e. The molecule has 0 unspecified atom stereocenters. The number of rotatable bonds is 7. The SMILES string of the molecule is COCCNC(=O)N(Cc1ccc(C#N)cc1)Cc1cccc(F)c1. The van der Waals surface area contributed by atoms with Crippen molar-refractivity contribution in [3.05, 3.63) is 71.0 Å². The third-order valence-electron chi connectivity index (χ3n) is 3.59. The number of hydrogen-bond donors (Lipinski definition) is 1. The molecular weight excluding hydrogens is 321 g/mol. The van der Waals surface area contributed by atoms with Crippen molar-refractivity contribution in [1.29, 1.82) is 5.26 Å². The van der Waals surface area contributed by atoms with Gasteiger partial charge in [-0.15, -0.1) is 0 Å². The van der Waals surface area contributed by atoms with Crippen LogP contribution in [0.5, 0.6) is 0 Å². The summed E-state index contributed by atoms with van der Waals surface area (Å²) in [4.78, 5) is 14.0. The first-order chi connectivity index (χ1) is 12.1. The topological polar surface area (TPSA) is 65.4 Å². The number of nitrogens with zero attached hydrogens (tertiary/aromatic N) is 2. The van der Waals surface area contributed by atoms with Crippen LogP contribution in [0.4, 0.5) is 9.18 Å². The first-order valence-electron chi connectivity index (χ1n) is 7.87. The molecule has 0 radical (unpaired) electrons. The number of urea groups is 1. The molecule has 0 aliphatic carbocycles. The van der Waals surface area contributed by atoms with Crippen molar-refractivity contribution in [1.82, 2.24) is 10.2 Å². The molecule has 0 aromatic heterocycles. The summed E-state index contributed by atoms with van der Waals surface area (Å²) in [6, 6.07) is 15.0. The molecule has 2 aromatic carbocycles. The zero-order valence-electron chi connectivity index (χ0n) is 14.0. The van der Waals surface area contributed by atoms with Crippen LogP contribution in [-0.2, 0) is 17.8 Å². The highest BCUT2D eigenvalue weighted by molar-refractivity contribution is 5.74. The van der Waals surface area contributed by atoms with Crippen LogP contribution in [0.2, 0.25) is 0 Å². The molecule has 2 amide bonds. The van der Waals surface area contributed by atoms with E-state index >= 15 is 0 Å². The molecule has 25 heavy (non-hydrogen) atoms. The number of amides is 2. The van der Waals surface area contributed by atoms with Crippen LogP contribution in [0.15, 0.2) is 48.5 Å². The average molecular weight is 341 g/mol. The number of benzene rings is 2. The zero-order chi connectivity index (χ0) is 18.1. The monoisotopic (exact) mass is 341 g/mol. The number of nitriles is 1. The predicted octanol–water partition coefficient (Wildman–Crippen LogP) is 3.06. The second kappa shape index (κ2) is 9.40. The molecule has 2 rings (SSSR count). The normalized spacial score (nSPS) is 10.1. The van der Waals surface area contributed by atoms with Gasteiger partial charge in [-0.05, 0) is 35.4 Å². The van der Waals surface area contributed by atoms with Gasteiger partial charge >= 0.3 is 6.03 Å². The molecule has 0 saturated carbocycles. The number of ether oxygens (including phenoxy) is 1. The molecule has 0 atom stereocenters. The maximum atomic E-state index is 13.4. The molecule has 2 aromatic rings. The largest absolute Gasteiger partial charge is 0.383 e. The highest BCUT2D eigenvalue weighted by atomic mass is 19.1. The van der Waals surface area contributed by atoms with E-state index < -0.39 is 0 Å². The van der Waals surface area contributed by atoms with Crippen molar-refractivity contribution in [2.75, 3.05) is 20.3 Å². The molecule has 0 spiro atoms. The first-order valence-corrected chi connectivity index (χ1v) is 7.87. The second-order valence-corrected chi connectivity index (χ2v) is 5.52. The lowest BCUT2D eigenvalue weighted by Gasteiger charge is -2.23. The maximum Gasteiger partial charge on any atom is 0.318 e. The summed E-state index contributed by atoms with van der Waals surface area (Å²) in [6.07, 6.45) is 0. The van der Waals surface area contributed by atoms with Crippen LogP contribution in [0.3, 0.4) is 0 Å². The molecule has 6 heteroatoms. The van der Waals surface area contributed by atoms with E-state index in [1.807, 2.05) is 0 Å². The van der Waals surface area contributed by atoms with Crippen molar-refractivity contribution in [3.63, 3.8) is 0 Å². The van der Waals surface area contributed by atoms with Crippen LogP contribution in [0, 0.1) is 17.1 Å². The van der Waals surface area contributed by atoms with Crippen LogP contribution in [0.1, 0.15) is 16.7 Å². The highest BCUT2D eigenvalue weighted by Gasteiger charge is 2.14. The van der Waals surface area contributed by atoms with Gasteiger partial charge < -0.3 is 15.0 Å². The van der Waals surface area contributed by atoms with Gasteiger partial charge in [-0.1, -0.05) is 24.3 Å². The van der Waals surface area contributed by atoms with Gasteiger partial charge in [0.15, 0.2) is 0 Å². The average Bonchev–Trinajstić information content (AvgIpc) is 2.62. The number of methoxy groups -OCH3 is 1. The van der Waals surface area contributed by atoms with E-state index in [-0.39, 0.29) is 18.4 Å². The Morgan fingerprint density at radius 3 is 2.56 bits per heavy atom. The minimum absolute atomic E-state index is 0.259. The minimum Gasteiger partial charge on any atom is -0.383 e. The quantitative estimate of drug-likeness (QED) is 0.787. The van der Waals surface area contributed by atoms with E-state index in [9.17, 15) is 9.18 Å². The van der Waals surface area contributed by atoms with E-state index in [4.69, 9.17) is 10.00 Å². The van der Waals surface area contributed by atoms with E-state index in [2.05, 4.69) is 11.4 Å². The highest BCUT2D eigenvalue weighted by Crippen LogP contribution is 2.12. The fourth-order valence-electron chi connectivity index (χ4n) is 2.33. The lowest BCUT2D eigenvalue weighted by atomic mass is 10.1. The summed E-state index contributed by atoms with van der Waals surface area (Å²) in [7, 11) is 1.56. The number of nitrogens with one attached hydrogen (secondary N) is 1. The Morgan fingerprint density at radius 1 is 1.20 bits per heavy atom. The Balaban J connectivity index is 2.12. The van der Waals surface area contributed by atoms with Crippen LogP contribution >= 0.6 is 0 Å². The molecule has 0 heterocycles. The fourth-order valence-corrected chi connectivity index (χ4v) is 2.33. The van der Waals surface area contributed by atoms with E-state index in [0.29, 0.717) is 30.8 Å². The molecular formula is C19H20FN3O2. The molecule has 0 bridgehead atoms.